The molecule has 92 valence electrons. The molecule has 0 radical (unpaired) electrons. The zero-order chi connectivity index (χ0) is 13.0. The van der Waals surface area contributed by atoms with Gasteiger partial charge in [-0.15, -0.1) is 10.2 Å². The van der Waals surface area contributed by atoms with Gasteiger partial charge in [0.25, 0.3) is 5.89 Å². The van der Waals surface area contributed by atoms with Gasteiger partial charge in [-0.2, -0.15) is 5.26 Å². The predicted molar refractivity (Wildman–Crippen MR) is 59.1 cm³/mol. The van der Waals surface area contributed by atoms with E-state index in [1.807, 2.05) is 6.92 Å². The second-order valence-corrected chi connectivity index (χ2v) is 3.49. The van der Waals surface area contributed by atoms with Crippen LogP contribution in [-0.2, 0) is 13.0 Å². The van der Waals surface area contributed by atoms with Gasteiger partial charge in [0.2, 0.25) is 5.89 Å². The fourth-order valence-electron chi connectivity index (χ4n) is 1.31. The smallest absolute Gasteiger partial charge is 0.253 e. The molecule has 2 aromatic rings. The van der Waals surface area contributed by atoms with Crippen LogP contribution in [0.2, 0.25) is 0 Å². The van der Waals surface area contributed by atoms with Crippen LogP contribution in [0.1, 0.15) is 24.3 Å². The highest BCUT2D eigenvalue weighted by atomic mass is 19.1. The first-order valence-corrected chi connectivity index (χ1v) is 5.36. The van der Waals surface area contributed by atoms with Crippen molar-refractivity contribution < 1.29 is 13.5 Å². The summed E-state index contributed by atoms with van der Waals surface area (Å²) in [4.78, 5) is 0. The van der Waals surface area contributed by atoms with Crippen molar-refractivity contribution in [2.24, 2.45) is 0 Å². The number of aromatic nitrogens is 2. The Kier molecular flexibility index (Phi) is 3.53. The first kappa shape index (κ1) is 12.0. The molecule has 0 amide bonds. The number of benzene rings is 1. The van der Waals surface area contributed by atoms with E-state index in [9.17, 15) is 4.39 Å². The summed E-state index contributed by atoms with van der Waals surface area (Å²) in [5.74, 6) is 0.550. The SMILES string of the molecule is CCc1nnc(COc2ccc(C#N)c(F)c2)o1. The monoisotopic (exact) mass is 247 g/mol. The molecule has 0 bridgehead atoms. The largest absolute Gasteiger partial charge is 0.484 e. The van der Waals surface area contributed by atoms with Crippen LogP contribution in [0, 0.1) is 17.1 Å². The minimum atomic E-state index is -0.616. The highest BCUT2D eigenvalue weighted by Crippen LogP contribution is 2.17. The number of hydrogen-bond acceptors (Lipinski definition) is 5. The van der Waals surface area contributed by atoms with Gasteiger partial charge in [-0.25, -0.2) is 4.39 Å². The minimum Gasteiger partial charge on any atom is -0.484 e. The van der Waals surface area contributed by atoms with Crippen molar-refractivity contribution >= 4 is 0 Å². The molecular weight excluding hydrogens is 237 g/mol. The molecule has 1 aromatic heterocycles. The molecular formula is C12H10FN3O2. The van der Waals surface area contributed by atoms with Gasteiger partial charge in [-0.05, 0) is 12.1 Å². The van der Waals surface area contributed by atoms with E-state index in [0.29, 0.717) is 24.0 Å². The fraction of sp³-hybridized carbons (Fsp3) is 0.250. The number of nitriles is 1. The first-order chi connectivity index (χ1) is 8.72. The lowest BCUT2D eigenvalue weighted by molar-refractivity contribution is 0.258. The van der Waals surface area contributed by atoms with E-state index >= 15 is 0 Å². The molecule has 18 heavy (non-hydrogen) atoms. The van der Waals surface area contributed by atoms with Crippen molar-refractivity contribution in [1.29, 1.82) is 5.26 Å². The maximum atomic E-state index is 13.3. The van der Waals surface area contributed by atoms with Crippen LogP contribution in [0.5, 0.6) is 5.75 Å². The van der Waals surface area contributed by atoms with Gasteiger partial charge in [0.05, 0.1) is 5.56 Å². The zero-order valence-corrected chi connectivity index (χ0v) is 9.68. The van der Waals surface area contributed by atoms with Crippen molar-refractivity contribution in [3.05, 3.63) is 41.4 Å². The lowest BCUT2D eigenvalue weighted by atomic mass is 10.2. The molecule has 0 atom stereocenters. The predicted octanol–water partition coefficient (Wildman–Crippen LogP) is 2.22. The summed E-state index contributed by atoms with van der Waals surface area (Å²) in [6, 6.07) is 5.75. The number of rotatable bonds is 4. The topological polar surface area (TPSA) is 71.9 Å². The lowest BCUT2D eigenvalue weighted by Gasteiger charge is -2.03. The maximum absolute atomic E-state index is 13.3. The van der Waals surface area contributed by atoms with E-state index in [0.717, 1.165) is 6.07 Å². The summed E-state index contributed by atoms with van der Waals surface area (Å²) < 4.78 is 23.8. The van der Waals surface area contributed by atoms with Gasteiger partial charge in [-0.3, -0.25) is 0 Å². The summed E-state index contributed by atoms with van der Waals surface area (Å²) in [6.45, 7) is 1.96. The molecule has 5 nitrogen and oxygen atoms in total. The minimum absolute atomic E-state index is 0.0200. The molecule has 1 aromatic carbocycles. The van der Waals surface area contributed by atoms with E-state index in [4.69, 9.17) is 14.4 Å². The highest BCUT2D eigenvalue weighted by molar-refractivity contribution is 5.36. The maximum Gasteiger partial charge on any atom is 0.253 e. The van der Waals surface area contributed by atoms with Gasteiger partial charge >= 0.3 is 0 Å². The molecule has 1 heterocycles. The summed E-state index contributed by atoms with van der Waals surface area (Å²) >= 11 is 0. The third-order valence-electron chi connectivity index (χ3n) is 2.23. The van der Waals surface area contributed by atoms with Gasteiger partial charge in [0.15, 0.2) is 6.61 Å². The van der Waals surface area contributed by atoms with Crippen LogP contribution in [0.15, 0.2) is 22.6 Å². The van der Waals surface area contributed by atoms with Crippen LogP contribution < -0.4 is 4.74 Å². The van der Waals surface area contributed by atoms with E-state index < -0.39 is 5.82 Å². The average molecular weight is 247 g/mol. The van der Waals surface area contributed by atoms with Crippen LogP contribution in [0.25, 0.3) is 0 Å². The molecule has 0 saturated heterocycles. The second-order valence-electron chi connectivity index (χ2n) is 3.49. The van der Waals surface area contributed by atoms with Crippen molar-refractivity contribution in [2.75, 3.05) is 0 Å². The van der Waals surface area contributed by atoms with Gasteiger partial charge in [-0.1, -0.05) is 6.92 Å². The Bertz CT molecular complexity index is 589. The Labute approximate surface area is 103 Å². The number of ether oxygens (including phenoxy) is 1. The molecule has 0 fully saturated rings. The van der Waals surface area contributed by atoms with Crippen LogP contribution in [-0.4, -0.2) is 10.2 Å². The van der Waals surface area contributed by atoms with Gasteiger partial charge < -0.3 is 9.15 Å². The number of aryl methyl sites for hydroxylation is 1. The lowest BCUT2D eigenvalue weighted by Crippen LogP contribution is -1.96. The summed E-state index contributed by atoms with van der Waals surface area (Å²) in [6.07, 6.45) is 0.651. The molecule has 0 N–H and O–H groups in total. The van der Waals surface area contributed by atoms with E-state index in [-0.39, 0.29) is 12.2 Å². The van der Waals surface area contributed by atoms with E-state index in [2.05, 4.69) is 10.2 Å². The molecule has 0 spiro atoms. The first-order valence-electron chi connectivity index (χ1n) is 5.36. The molecule has 0 aliphatic carbocycles. The molecule has 2 rings (SSSR count). The summed E-state index contributed by atoms with van der Waals surface area (Å²) in [5, 5.41) is 16.1. The molecule has 6 heteroatoms. The van der Waals surface area contributed by atoms with Crippen molar-refractivity contribution in [2.45, 2.75) is 20.0 Å². The second kappa shape index (κ2) is 5.27. The van der Waals surface area contributed by atoms with Crippen LogP contribution >= 0.6 is 0 Å². The standard InChI is InChI=1S/C12H10FN3O2/c1-2-11-15-16-12(18-11)7-17-9-4-3-8(6-14)10(13)5-9/h3-5H,2,7H2,1H3. The van der Waals surface area contributed by atoms with Gasteiger partial charge in [0.1, 0.15) is 17.6 Å². The van der Waals surface area contributed by atoms with Gasteiger partial charge in [0, 0.05) is 12.5 Å². The van der Waals surface area contributed by atoms with E-state index in [1.165, 1.54) is 12.1 Å². The Balaban J connectivity index is 2.02. The fourth-order valence-corrected chi connectivity index (χ4v) is 1.31. The molecule has 0 aliphatic rings. The Morgan fingerprint density at radius 3 is 2.78 bits per heavy atom. The van der Waals surface area contributed by atoms with Crippen LogP contribution in [0.3, 0.4) is 0 Å². The third-order valence-corrected chi connectivity index (χ3v) is 2.23. The number of nitrogens with zero attached hydrogens (tertiary/aromatic N) is 3. The Morgan fingerprint density at radius 2 is 2.17 bits per heavy atom. The third kappa shape index (κ3) is 2.63. The Morgan fingerprint density at radius 1 is 1.39 bits per heavy atom. The molecule has 0 saturated carbocycles. The zero-order valence-electron chi connectivity index (χ0n) is 9.68. The molecule has 0 aliphatic heterocycles. The van der Waals surface area contributed by atoms with E-state index in [1.54, 1.807) is 6.07 Å². The number of halogens is 1. The summed E-state index contributed by atoms with van der Waals surface area (Å²) in [5.41, 5.74) is -0.0200. The highest BCUT2D eigenvalue weighted by Gasteiger charge is 2.07. The normalized spacial score (nSPS) is 10.1. The molecule has 0 unspecified atom stereocenters. The average Bonchev–Trinajstić information content (AvgIpc) is 2.84. The van der Waals surface area contributed by atoms with Crippen LogP contribution in [0.4, 0.5) is 4.39 Å². The van der Waals surface area contributed by atoms with Crippen molar-refractivity contribution in [3.63, 3.8) is 0 Å². The number of hydrogen-bond donors (Lipinski definition) is 0. The Hall–Kier alpha value is -2.42. The van der Waals surface area contributed by atoms with Crippen molar-refractivity contribution in [1.82, 2.24) is 10.2 Å². The van der Waals surface area contributed by atoms with Crippen molar-refractivity contribution in [3.8, 4) is 11.8 Å². The summed E-state index contributed by atoms with van der Waals surface area (Å²) in [7, 11) is 0. The quantitative estimate of drug-likeness (QED) is 0.828.